The number of thiophene rings is 1. The Bertz CT molecular complexity index is 1810. The maximum absolute atomic E-state index is 12.2. The third-order valence-corrected chi connectivity index (χ3v) is 10.5. The van der Waals surface area contributed by atoms with E-state index < -0.39 is 6.03 Å². The molecular formula is C33H36ClN9O2S. The molecule has 6 heterocycles. The number of rotatable bonds is 7. The molecule has 3 aliphatic heterocycles. The lowest BCUT2D eigenvalue weighted by Gasteiger charge is -2.35. The highest BCUT2D eigenvalue weighted by molar-refractivity contribution is 7.15. The average molecular weight is 658 g/mol. The molecule has 1 aromatic carbocycles. The van der Waals surface area contributed by atoms with Gasteiger partial charge in [0.1, 0.15) is 16.9 Å². The fraction of sp³-hybridized carbons (Fsp3) is 0.394. The van der Waals surface area contributed by atoms with Gasteiger partial charge in [-0.05, 0) is 57.0 Å². The maximum atomic E-state index is 12.2. The molecule has 0 radical (unpaired) electrons. The molecular weight excluding hydrogens is 622 g/mol. The van der Waals surface area contributed by atoms with Crippen molar-refractivity contribution in [2.75, 3.05) is 44.2 Å². The van der Waals surface area contributed by atoms with Crippen LogP contribution in [0.2, 0.25) is 5.02 Å². The lowest BCUT2D eigenvalue weighted by Crippen LogP contribution is -2.49. The largest absolute Gasteiger partial charge is 0.328 e. The molecule has 3 aromatic heterocycles. The number of aliphatic imine (C=N–C) groups is 1. The van der Waals surface area contributed by atoms with Gasteiger partial charge < -0.3 is 4.90 Å². The smallest absolute Gasteiger partial charge is 0.301 e. The van der Waals surface area contributed by atoms with Crippen LogP contribution in [0.5, 0.6) is 0 Å². The Labute approximate surface area is 276 Å². The summed E-state index contributed by atoms with van der Waals surface area (Å²) in [4.78, 5) is 41.4. The average Bonchev–Trinajstić information content (AvgIpc) is 3.52. The van der Waals surface area contributed by atoms with Crippen LogP contribution in [0, 0.1) is 20.8 Å². The quantitative estimate of drug-likeness (QED) is 0.303. The Morgan fingerprint density at radius 1 is 0.957 bits per heavy atom. The predicted octanol–water partition coefficient (Wildman–Crippen LogP) is 4.85. The van der Waals surface area contributed by atoms with E-state index >= 15 is 0 Å². The van der Waals surface area contributed by atoms with Crippen molar-refractivity contribution in [1.82, 2.24) is 34.9 Å². The summed E-state index contributed by atoms with van der Waals surface area (Å²) in [5, 5.41) is 13.4. The first-order valence-corrected chi connectivity index (χ1v) is 16.8. The number of urea groups is 1. The van der Waals surface area contributed by atoms with E-state index in [0.29, 0.717) is 23.7 Å². The number of fused-ring (bicyclic) bond motifs is 3. The zero-order valence-corrected chi connectivity index (χ0v) is 27.7. The van der Waals surface area contributed by atoms with Crippen molar-refractivity contribution in [3.63, 3.8) is 0 Å². The van der Waals surface area contributed by atoms with Crippen LogP contribution in [0.4, 0.5) is 10.5 Å². The van der Waals surface area contributed by atoms with Crippen LogP contribution >= 0.6 is 22.9 Å². The molecule has 3 amide bonds. The van der Waals surface area contributed by atoms with E-state index in [1.165, 1.54) is 10.4 Å². The van der Waals surface area contributed by atoms with Crippen molar-refractivity contribution >= 4 is 46.3 Å². The zero-order valence-electron chi connectivity index (χ0n) is 26.2. The van der Waals surface area contributed by atoms with Crippen molar-refractivity contribution in [2.45, 2.75) is 46.2 Å². The molecule has 0 aliphatic carbocycles. The molecule has 46 heavy (non-hydrogen) atoms. The Hall–Kier alpha value is -3.97. The van der Waals surface area contributed by atoms with Gasteiger partial charge in [0.2, 0.25) is 5.91 Å². The van der Waals surface area contributed by atoms with Crippen LogP contribution in [0.3, 0.4) is 0 Å². The van der Waals surface area contributed by atoms with Gasteiger partial charge in [-0.15, -0.1) is 21.5 Å². The number of halogens is 1. The van der Waals surface area contributed by atoms with Gasteiger partial charge in [0.15, 0.2) is 5.82 Å². The number of carbonyl (C=O) groups is 2. The number of imide groups is 1. The van der Waals surface area contributed by atoms with E-state index in [2.05, 4.69) is 60.8 Å². The SMILES string of the molecule is Cc1sc2c(c1C)C(c1ccc(Cl)cc1)=N[C@@H](CCN1CCN(Cc3ccc(N4CCC(=O)NC4=O)cn3)CC1)c1nnc(C)n1-2. The van der Waals surface area contributed by atoms with Gasteiger partial charge in [-0.25, -0.2) is 4.79 Å². The second kappa shape index (κ2) is 12.7. The molecule has 0 unspecified atom stereocenters. The van der Waals surface area contributed by atoms with E-state index in [9.17, 15) is 9.59 Å². The molecule has 11 nitrogen and oxygen atoms in total. The zero-order chi connectivity index (χ0) is 31.9. The summed E-state index contributed by atoms with van der Waals surface area (Å²) in [5.74, 6) is 1.53. The van der Waals surface area contributed by atoms with Gasteiger partial charge in [0.25, 0.3) is 0 Å². The van der Waals surface area contributed by atoms with Crippen molar-refractivity contribution < 1.29 is 9.59 Å². The van der Waals surface area contributed by atoms with Crippen LogP contribution in [0.25, 0.3) is 5.00 Å². The summed E-state index contributed by atoms with van der Waals surface area (Å²) < 4.78 is 2.21. The van der Waals surface area contributed by atoms with Crippen LogP contribution in [-0.4, -0.2) is 86.5 Å². The Kier molecular flexibility index (Phi) is 8.45. The Morgan fingerprint density at radius 2 is 1.72 bits per heavy atom. The molecule has 7 rings (SSSR count). The number of carbonyl (C=O) groups excluding carboxylic acids is 2. The van der Waals surface area contributed by atoms with Gasteiger partial charge in [0.05, 0.1) is 23.3 Å². The Morgan fingerprint density at radius 3 is 2.43 bits per heavy atom. The van der Waals surface area contributed by atoms with Gasteiger partial charge in [-0.1, -0.05) is 23.7 Å². The molecule has 1 atom stereocenters. The Balaban J connectivity index is 1.02. The van der Waals surface area contributed by atoms with E-state index in [-0.39, 0.29) is 11.9 Å². The van der Waals surface area contributed by atoms with Crippen molar-refractivity contribution in [2.24, 2.45) is 4.99 Å². The highest BCUT2D eigenvalue weighted by Crippen LogP contribution is 2.39. The lowest BCUT2D eigenvalue weighted by molar-refractivity contribution is -0.120. The fourth-order valence-electron chi connectivity index (χ4n) is 6.37. The number of nitrogens with zero attached hydrogens (tertiary/aromatic N) is 8. The number of amides is 3. The second-order valence-electron chi connectivity index (χ2n) is 12.1. The number of benzene rings is 1. The summed E-state index contributed by atoms with van der Waals surface area (Å²) in [6, 6.07) is 11.3. The molecule has 0 bridgehead atoms. The predicted molar refractivity (Wildman–Crippen MR) is 179 cm³/mol. The summed E-state index contributed by atoms with van der Waals surface area (Å²) in [7, 11) is 0. The third kappa shape index (κ3) is 5.97. The van der Waals surface area contributed by atoms with Crippen LogP contribution in [-0.2, 0) is 11.3 Å². The molecule has 3 aliphatic rings. The van der Waals surface area contributed by atoms with E-state index in [0.717, 1.165) is 84.9 Å². The maximum Gasteiger partial charge on any atom is 0.328 e. The number of nitrogens with one attached hydrogen (secondary N) is 1. The molecule has 4 aromatic rings. The van der Waals surface area contributed by atoms with Crippen LogP contribution in [0.1, 0.15) is 57.8 Å². The number of anilines is 1. The van der Waals surface area contributed by atoms with Crippen molar-refractivity contribution in [3.8, 4) is 5.00 Å². The standard InChI is InChI=1S/C33H36ClN9O2S/c1-20-21(2)46-32-29(20)30(23-4-6-24(34)7-5-23)36-27(31-39-38-22(3)43(31)32)10-12-40-14-16-41(17-15-40)19-25-8-9-26(18-35-25)42-13-11-28(44)37-33(42)45/h4-9,18,27H,10-17,19H2,1-3H3,(H,37,44,45)/t27-/m0/s1. The minimum absolute atomic E-state index is 0.132. The molecule has 2 saturated heterocycles. The van der Waals surface area contributed by atoms with Crippen LogP contribution in [0.15, 0.2) is 47.6 Å². The molecule has 2 fully saturated rings. The monoisotopic (exact) mass is 657 g/mol. The van der Waals surface area contributed by atoms with Gasteiger partial charge >= 0.3 is 6.03 Å². The van der Waals surface area contributed by atoms with E-state index in [1.54, 1.807) is 22.4 Å². The van der Waals surface area contributed by atoms with Gasteiger partial charge in [-0.2, -0.15) is 0 Å². The van der Waals surface area contributed by atoms with Crippen LogP contribution < -0.4 is 10.2 Å². The minimum atomic E-state index is -0.394. The molecule has 1 N–H and O–H groups in total. The highest BCUT2D eigenvalue weighted by Gasteiger charge is 2.32. The summed E-state index contributed by atoms with van der Waals surface area (Å²) in [6.07, 6.45) is 2.85. The van der Waals surface area contributed by atoms with Crippen molar-refractivity contribution in [1.29, 1.82) is 0 Å². The van der Waals surface area contributed by atoms with E-state index in [1.807, 2.05) is 31.2 Å². The topological polar surface area (TPSA) is 112 Å². The number of hydrogen-bond donors (Lipinski definition) is 1. The number of piperazine rings is 1. The number of aromatic nitrogens is 4. The molecule has 0 spiro atoms. The highest BCUT2D eigenvalue weighted by atomic mass is 35.5. The summed E-state index contributed by atoms with van der Waals surface area (Å²) >= 11 is 8.04. The summed E-state index contributed by atoms with van der Waals surface area (Å²) in [5.41, 5.74) is 6.09. The van der Waals surface area contributed by atoms with Gasteiger partial charge in [-0.3, -0.25) is 34.5 Å². The summed E-state index contributed by atoms with van der Waals surface area (Å²) in [6.45, 7) is 12.2. The third-order valence-electron chi connectivity index (χ3n) is 9.10. The first kappa shape index (κ1) is 30.7. The molecule has 13 heteroatoms. The van der Waals surface area contributed by atoms with Crippen molar-refractivity contribution in [3.05, 3.63) is 86.5 Å². The number of pyridine rings is 1. The van der Waals surface area contributed by atoms with E-state index in [4.69, 9.17) is 16.6 Å². The normalized spacial score (nSPS) is 19.0. The number of aryl methyl sites for hydroxylation is 2. The lowest BCUT2D eigenvalue weighted by atomic mass is 9.99. The first-order valence-electron chi connectivity index (χ1n) is 15.6. The second-order valence-corrected chi connectivity index (χ2v) is 13.7. The van der Waals surface area contributed by atoms with Gasteiger partial charge in [0, 0.05) is 73.3 Å². The molecule has 238 valence electrons. The first-order chi connectivity index (χ1) is 22.2. The molecule has 0 saturated carbocycles. The minimum Gasteiger partial charge on any atom is -0.301 e. The number of hydrogen-bond acceptors (Lipinski definition) is 9. The fourth-order valence-corrected chi connectivity index (χ4v) is 7.71.